The first kappa shape index (κ1) is 10.5. The average Bonchev–Trinajstić information content (AvgIpc) is 2.84. The van der Waals surface area contributed by atoms with Crippen LogP contribution in [0.2, 0.25) is 0 Å². The molecule has 0 aromatic heterocycles. The predicted molar refractivity (Wildman–Crippen MR) is 60.7 cm³/mol. The Kier molecular flexibility index (Phi) is 2.95. The Morgan fingerprint density at radius 1 is 1.53 bits per heavy atom. The SMILES string of the molecule is O=C1CCCN1.O=CC12C=CC=CC1S2. The van der Waals surface area contributed by atoms with Crippen LogP contribution in [0, 0.1) is 0 Å². The Morgan fingerprint density at radius 3 is 2.80 bits per heavy atom. The minimum atomic E-state index is -0.144. The largest absolute Gasteiger partial charge is 0.356 e. The number of aldehydes is 1. The molecule has 0 spiro atoms. The summed E-state index contributed by atoms with van der Waals surface area (Å²) < 4.78 is -0.144. The predicted octanol–water partition coefficient (Wildman–Crippen LogP) is 1.06. The zero-order valence-electron chi connectivity index (χ0n) is 8.31. The third-order valence-corrected chi connectivity index (χ3v) is 4.00. The fourth-order valence-electron chi connectivity index (χ4n) is 1.58. The van der Waals surface area contributed by atoms with E-state index in [4.69, 9.17) is 0 Å². The molecule has 2 fully saturated rings. The molecule has 0 aromatic carbocycles. The van der Waals surface area contributed by atoms with Crippen LogP contribution < -0.4 is 5.32 Å². The molecule has 0 saturated carbocycles. The van der Waals surface area contributed by atoms with E-state index in [0.717, 1.165) is 25.7 Å². The van der Waals surface area contributed by atoms with Gasteiger partial charge in [0, 0.05) is 18.2 Å². The van der Waals surface area contributed by atoms with Gasteiger partial charge in [0.05, 0.1) is 0 Å². The van der Waals surface area contributed by atoms with Crippen LogP contribution in [0.5, 0.6) is 0 Å². The first-order valence-corrected chi connectivity index (χ1v) is 5.92. The van der Waals surface area contributed by atoms with Gasteiger partial charge in [-0.2, -0.15) is 0 Å². The second-order valence-electron chi connectivity index (χ2n) is 3.71. The molecule has 1 N–H and O–H groups in total. The number of carbonyl (C=O) groups is 2. The van der Waals surface area contributed by atoms with Crippen LogP contribution in [-0.2, 0) is 9.59 Å². The molecule has 3 nitrogen and oxygen atoms in total. The lowest BCUT2D eigenvalue weighted by Gasteiger charge is -1.98. The lowest BCUT2D eigenvalue weighted by molar-refractivity contribution is -0.119. The molecular weight excluding hydrogens is 210 g/mol. The van der Waals surface area contributed by atoms with E-state index in [1.165, 1.54) is 0 Å². The van der Waals surface area contributed by atoms with Crippen molar-refractivity contribution < 1.29 is 9.59 Å². The van der Waals surface area contributed by atoms with Gasteiger partial charge in [-0.05, 0) is 6.42 Å². The van der Waals surface area contributed by atoms with Crippen molar-refractivity contribution >= 4 is 24.0 Å². The minimum Gasteiger partial charge on any atom is -0.356 e. The second kappa shape index (κ2) is 4.23. The fourth-order valence-corrected chi connectivity index (χ4v) is 2.55. The summed E-state index contributed by atoms with van der Waals surface area (Å²) in [6, 6.07) is 0. The molecule has 3 rings (SSSR count). The maximum atomic E-state index is 10.4. The Hall–Kier alpha value is -1.03. The van der Waals surface area contributed by atoms with Crippen molar-refractivity contribution in [2.45, 2.75) is 22.8 Å². The molecule has 1 aliphatic carbocycles. The minimum absolute atomic E-state index is 0.144. The van der Waals surface area contributed by atoms with Crippen LogP contribution in [-0.4, -0.2) is 28.7 Å². The monoisotopic (exact) mass is 223 g/mol. The highest BCUT2D eigenvalue weighted by Crippen LogP contribution is 2.55. The second-order valence-corrected chi connectivity index (χ2v) is 5.16. The highest BCUT2D eigenvalue weighted by Gasteiger charge is 2.52. The van der Waals surface area contributed by atoms with Gasteiger partial charge in [-0.25, -0.2) is 0 Å². The summed E-state index contributed by atoms with van der Waals surface area (Å²) in [5, 5.41) is 3.12. The van der Waals surface area contributed by atoms with Crippen LogP contribution in [0.3, 0.4) is 0 Å². The quantitative estimate of drug-likeness (QED) is 0.534. The summed E-state index contributed by atoms with van der Waals surface area (Å²) in [5.74, 6) is 0.204. The van der Waals surface area contributed by atoms with E-state index < -0.39 is 0 Å². The van der Waals surface area contributed by atoms with Crippen LogP contribution in [0.25, 0.3) is 0 Å². The van der Waals surface area contributed by atoms with Crippen molar-refractivity contribution in [3.63, 3.8) is 0 Å². The standard InChI is InChI=1S/C7H6OS.C4H7NO/c8-5-7-4-2-1-3-6(7)9-7;6-4-2-1-3-5-4/h1-6H;1-3H2,(H,5,6). The average molecular weight is 223 g/mol. The van der Waals surface area contributed by atoms with Gasteiger partial charge < -0.3 is 10.1 Å². The van der Waals surface area contributed by atoms with Crippen molar-refractivity contribution in [2.75, 3.05) is 6.54 Å². The summed E-state index contributed by atoms with van der Waals surface area (Å²) in [6.07, 6.45) is 10.8. The number of hydrogen-bond donors (Lipinski definition) is 1. The van der Waals surface area contributed by atoms with Gasteiger partial charge in [0.15, 0.2) is 0 Å². The van der Waals surface area contributed by atoms with Gasteiger partial charge in [-0.15, -0.1) is 11.8 Å². The molecule has 3 aliphatic rings. The van der Waals surface area contributed by atoms with Crippen LogP contribution in [0.15, 0.2) is 24.3 Å². The first-order chi connectivity index (χ1) is 7.27. The van der Waals surface area contributed by atoms with Crippen molar-refractivity contribution in [3.8, 4) is 0 Å². The fraction of sp³-hybridized carbons (Fsp3) is 0.455. The summed E-state index contributed by atoms with van der Waals surface area (Å²) in [6.45, 7) is 0.888. The zero-order valence-corrected chi connectivity index (χ0v) is 9.13. The first-order valence-electron chi connectivity index (χ1n) is 5.04. The van der Waals surface area contributed by atoms with E-state index in [1.807, 2.05) is 18.2 Å². The van der Waals surface area contributed by atoms with Crippen molar-refractivity contribution in [1.82, 2.24) is 5.32 Å². The van der Waals surface area contributed by atoms with Gasteiger partial charge in [-0.3, -0.25) is 4.79 Å². The van der Waals surface area contributed by atoms with E-state index in [1.54, 1.807) is 11.8 Å². The number of nitrogens with one attached hydrogen (secondary N) is 1. The molecule has 0 radical (unpaired) electrons. The molecule has 0 aromatic rings. The van der Waals surface area contributed by atoms with E-state index in [9.17, 15) is 9.59 Å². The number of allylic oxidation sites excluding steroid dienone is 2. The third-order valence-electron chi connectivity index (χ3n) is 2.56. The Morgan fingerprint density at radius 2 is 2.40 bits per heavy atom. The van der Waals surface area contributed by atoms with Crippen LogP contribution in [0.1, 0.15) is 12.8 Å². The number of hydrogen-bond acceptors (Lipinski definition) is 3. The zero-order chi connectivity index (χ0) is 10.7. The number of carbonyl (C=O) groups excluding carboxylic acids is 2. The van der Waals surface area contributed by atoms with Gasteiger partial charge in [-0.1, -0.05) is 24.3 Å². The molecule has 80 valence electrons. The number of rotatable bonds is 1. The normalized spacial score (nSPS) is 34.9. The molecule has 0 bridgehead atoms. The molecule has 15 heavy (non-hydrogen) atoms. The van der Waals surface area contributed by atoms with Crippen molar-refractivity contribution in [2.24, 2.45) is 0 Å². The number of thioether (sulfide) groups is 1. The summed E-state index contributed by atoms with van der Waals surface area (Å²) in [4.78, 5) is 20.5. The van der Waals surface area contributed by atoms with E-state index >= 15 is 0 Å². The maximum Gasteiger partial charge on any atom is 0.220 e. The van der Waals surface area contributed by atoms with Gasteiger partial charge >= 0.3 is 0 Å². The van der Waals surface area contributed by atoms with Crippen molar-refractivity contribution in [3.05, 3.63) is 24.3 Å². The van der Waals surface area contributed by atoms with Gasteiger partial charge in [0.25, 0.3) is 0 Å². The lowest BCUT2D eigenvalue weighted by atomic mass is 10.0. The lowest BCUT2D eigenvalue weighted by Crippen LogP contribution is -2.12. The molecule has 2 saturated heterocycles. The Bertz CT molecular complexity index is 329. The third kappa shape index (κ3) is 2.31. The van der Waals surface area contributed by atoms with Gasteiger partial charge in [0.2, 0.25) is 5.91 Å². The highest BCUT2D eigenvalue weighted by atomic mass is 32.2. The molecule has 2 unspecified atom stereocenters. The number of fused-ring (bicyclic) bond motifs is 1. The van der Waals surface area contributed by atoms with Gasteiger partial charge in [0.1, 0.15) is 11.0 Å². The Labute approximate surface area is 93.0 Å². The van der Waals surface area contributed by atoms with Crippen LogP contribution in [0.4, 0.5) is 0 Å². The van der Waals surface area contributed by atoms with Crippen LogP contribution >= 0.6 is 11.8 Å². The molecule has 2 atom stereocenters. The maximum absolute atomic E-state index is 10.4. The topological polar surface area (TPSA) is 46.2 Å². The van der Waals surface area contributed by atoms with E-state index in [2.05, 4.69) is 11.4 Å². The number of amides is 1. The smallest absolute Gasteiger partial charge is 0.220 e. The molecule has 4 heteroatoms. The summed E-state index contributed by atoms with van der Waals surface area (Å²) in [5.41, 5.74) is 0. The highest BCUT2D eigenvalue weighted by molar-refractivity contribution is 8.10. The summed E-state index contributed by atoms with van der Waals surface area (Å²) in [7, 11) is 0. The molecule has 2 heterocycles. The molecule has 2 aliphatic heterocycles. The molecule has 1 amide bonds. The van der Waals surface area contributed by atoms with Crippen molar-refractivity contribution in [1.29, 1.82) is 0 Å². The summed E-state index contributed by atoms with van der Waals surface area (Å²) >= 11 is 1.70. The Balaban J connectivity index is 0.000000124. The molecular formula is C11H13NO2S. The van der Waals surface area contributed by atoms with E-state index in [0.29, 0.717) is 5.25 Å². The van der Waals surface area contributed by atoms with E-state index in [-0.39, 0.29) is 10.7 Å².